The monoisotopic (exact) mass is 430 g/mol. The van der Waals surface area contributed by atoms with Crippen LogP contribution < -0.4 is 10.9 Å². The normalized spacial score (nSPS) is 11.8. The molecule has 0 aliphatic carbocycles. The van der Waals surface area contributed by atoms with Gasteiger partial charge in [-0.25, -0.2) is 0 Å². The van der Waals surface area contributed by atoms with E-state index in [0.29, 0.717) is 6.61 Å². The molecule has 0 fully saturated rings. The van der Waals surface area contributed by atoms with Crippen LogP contribution >= 0.6 is 0 Å². The molecule has 0 aliphatic rings. The first-order valence-corrected chi connectivity index (χ1v) is 11.5. The predicted molar refractivity (Wildman–Crippen MR) is 144 cm³/mol. The SMILES string of the molecule is COC/C(=C(\B(c1ccc(C)cc1)c1ccc(C)cc1)c1ccc(C)cc1)c1ccccc1. The number of hydrogen-bond donors (Lipinski definition) is 0. The van der Waals surface area contributed by atoms with Crippen molar-refractivity contribution in [3.63, 3.8) is 0 Å². The van der Waals surface area contributed by atoms with Gasteiger partial charge in [-0.1, -0.05) is 136 Å². The van der Waals surface area contributed by atoms with Gasteiger partial charge in [-0.15, -0.1) is 0 Å². The van der Waals surface area contributed by atoms with Crippen LogP contribution in [0.2, 0.25) is 0 Å². The predicted octanol–water partition coefficient (Wildman–Crippen LogP) is 6.02. The standard InChI is InChI=1S/C31H31BO/c1-23-10-16-27(17-11-23)31(30(22-33-4)26-8-6-5-7-9-26)32(28-18-12-24(2)13-19-28)29-20-14-25(3)15-21-29/h5-21H,22H2,1-4H3/b31-30+. The fraction of sp³-hybridized carbons (Fsp3) is 0.161. The first-order valence-electron chi connectivity index (χ1n) is 11.5. The first kappa shape index (κ1) is 22.8. The second kappa shape index (κ2) is 10.5. The van der Waals surface area contributed by atoms with E-state index in [1.54, 1.807) is 7.11 Å². The van der Waals surface area contributed by atoms with Crippen LogP contribution in [0.4, 0.5) is 0 Å². The zero-order valence-electron chi connectivity index (χ0n) is 20.0. The molecule has 4 aromatic carbocycles. The van der Waals surface area contributed by atoms with Crippen LogP contribution in [-0.4, -0.2) is 20.4 Å². The molecule has 4 aromatic rings. The molecule has 0 bridgehead atoms. The maximum atomic E-state index is 5.79. The number of aryl methyl sites for hydroxylation is 3. The lowest BCUT2D eigenvalue weighted by atomic mass is 9.34. The second-order valence-electron chi connectivity index (χ2n) is 8.81. The van der Waals surface area contributed by atoms with Crippen molar-refractivity contribution in [2.45, 2.75) is 20.8 Å². The van der Waals surface area contributed by atoms with Gasteiger partial charge in [0.15, 0.2) is 0 Å². The highest BCUT2D eigenvalue weighted by molar-refractivity contribution is 7.00. The van der Waals surface area contributed by atoms with Crippen LogP contribution in [0.25, 0.3) is 11.0 Å². The molecule has 0 atom stereocenters. The topological polar surface area (TPSA) is 9.23 Å². The van der Waals surface area contributed by atoms with Gasteiger partial charge in [-0.2, -0.15) is 0 Å². The average molecular weight is 430 g/mol. The van der Waals surface area contributed by atoms with Crippen molar-refractivity contribution in [2.75, 3.05) is 13.7 Å². The minimum Gasteiger partial charge on any atom is -0.380 e. The summed E-state index contributed by atoms with van der Waals surface area (Å²) in [5.41, 5.74) is 11.3. The van der Waals surface area contributed by atoms with Gasteiger partial charge < -0.3 is 4.74 Å². The number of ether oxygens (including phenoxy) is 1. The van der Waals surface area contributed by atoms with Gasteiger partial charge in [0.05, 0.1) is 6.61 Å². The molecule has 0 saturated heterocycles. The molecule has 0 aromatic heterocycles. The molecule has 33 heavy (non-hydrogen) atoms. The molecule has 164 valence electrons. The molecular formula is C31H31BO. The summed E-state index contributed by atoms with van der Waals surface area (Å²) < 4.78 is 5.79. The van der Waals surface area contributed by atoms with E-state index in [4.69, 9.17) is 4.74 Å². The van der Waals surface area contributed by atoms with E-state index in [1.165, 1.54) is 49.8 Å². The fourth-order valence-electron chi connectivity index (χ4n) is 4.39. The smallest absolute Gasteiger partial charge is 0.242 e. The quantitative estimate of drug-likeness (QED) is 0.257. The van der Waals surface area contributed by atoms with Crippen LogP contribution in [0.15, 0.2) is 103 Å². The van der Waals surface area contributed by atoms with E-state index < -0.39 is 0 Å². The maximum Gasteiger partial charge on any atom is 0.242 e. The molecule has 0 heterocycles. The Morgan fingerprint density at radius 1 is 0.576 bits per heavy atom. The third kappa shape index (κ3) is 5.35. The zero-order chi connectivity index (χ0) is 23.2. The summed E-state index contributed by atoms with van der Waals surface area (Å²) in [5.74, 6) is 0. The largest absolute Gasteiger partial charge is 0.380 e. The Hall–Kier alpha value is -3.36. The summed E-state index contributed by atoms with van der Waals surface area (Å²) >= 11 is 0. The Morgan fingerprint density at radius 2 is 1.03 bits per heavy atom. The molecule has 0 saturated carbocycles. The van der Waals surface area contributed by atoms with E-state index in [1.807, 2.05) is 0 Å². The zero-order valence-corrected chi connectivity index (χ0v) is 20.0. The van der Waals surface area contributed by atoms with Crippen molar-refractivity contribution in [3.8, 4) is 0 Å². The van der Waals surface area contributed by atoms with Crippen molar-refractivity contribution >= 4 is 28.7 Å². The summed E-state index contributed by atoms with van der Waals surface area (Å²) in [5, 5.41) is 0. The number of benzene rings is 4. The Labute approximate surface area is 198 Å². The number of methoxy groups -OCH3 is 1. The fourth-order valence-corrected chi connectivity index (χ4v) is 4.39. The number of rotatable bonds is 7. The van der Waals surface area contributed by atoms with Crippen molar-refractivity contribution in [1.82, 2.24) is 0 Å². The van der Waals surface area contributed by atoms with Crippen LogP contribution in [-0.2, 0) is 4.74 Å². The highest BCUT2D eigenvalue weighted by Crippen LogP contribution is 2.29. The van der Waals surface area contributed by atoms with E-state index >= 15 is 0 Å². The molecule has 1 nitrogen and oxygen atoms in total. The van der Waals surface area contributed by atoms with E-state index in [-0.39, 0.29) is 6.71 Å². The van der Waals surface area contributed by atoms with Crippen LogP contribution in [0, 0.1) is 20.8 Å². The third-order valence-corrected chi connectivity index (χ3v) is 6.21. The van der Waals surface area contributed by atoms with Crippen LogP contribution in [0.1, 0.15) is 27.8 Å². The summed E-state index contributed by atoms with van der Waals surface area (Å²) in [6, 6.07) is 37.4. The minimum atomic E-state index is 0.0827. The first-order chi connectivity index (χ1) is 16.1. The molecule has 2 heteroatoms. The van der Waals surface area contributed by atoms with Crippen LogP contribution in [0.5, 0.6) is 0 Å². The van der Waals surface area contributed by atoms with Gasteiger partial charge in [0, 0.05) is 7.11 Å². The van der Waals surface area contributed by atoms with Crippen molar-refractivity contribution in [2.24, 2.45) is 0 Å². The van der Waals surface area contributed by atoms with Crippen LogP contribution in [0.3, 0.4) is 0 Å². The molecule has 0 amide bonds. The summed E-state index contributed by atoms with van der Waals surface area (Å²) in [6.45, 7) is 7.04. The van der Waals surface area contributed by atoms with E-state index in [0.717, 1.165) is 0 Å². The molecule has 0 aliphatic heterocycles. The summed E-state index contributed by atoms with van der Waals surface area (Å²) in [6.07, 6.45) is 0. The molecule has 4 rings (SSSR count). The van der Waals surface area contributed by atoms with Gasteiger partial charge in [-0.05, 0) is 37.5 Å². The third-order valence-electron chi connectivity index (χ3n) is 6.21. The molecule has 0 spiro atoms. The number of hydrogen-bond acceptors (Lipinski definition) is 1. The lowest BCUT2D eigenvalue weighted by molar-refractivity contribution is 0.240. The molecule has 0 N–H and O–H groups in total. The average Bonchev–Trinajstić information content (AvgIpc) is 2.84. The molecule has 0 radical (unpaired) electrons. The highest BCUT2D eigenvalue weighted by Gasteiger charge is 2.28. The highest BCUT2D eigenvalue weighted by atomic mass is 16.5. The van der Waals surface area contributed by atoms with Crippen molar-refractivity contribution < 1.29 is 4.74 Å². The van der Waals surface area contributed by atoms with E-state index in [2.05, 4.69) is 124 Å². The van der Waals surface area contributed by atoms with E-state index in [9.17, 15) is 0 Å². The lowest BCUT2D eigenvalue weighted by Crippen LogP contribution is -2.44. The van der Waals surface area contributed by atoms with Gasteiger partial charge in [-0.3, -0.25) is 0 Å². The van der Waals surface area contributed by atoms with Crippen molar-refractivity contribution in [3.05, 3.63) is 131 Å². The minimum absolute atomic E-state index is 0.0827. The van der Waals surface area contributed by atoms with Crippen molar-refractivity contribution in [1.29, 1.82) is 0 Å². The summed E-state index contributed by atoms with van der Waals surface area (Å²) in [4.78, 5) is 0. The maximum absolute atomic E-state index is 5.79. The van der Waals surface area contributed by atoms with Gasteiger partial charge in [0.1, 0.15) is 0 Å². The Bertz CT molecular complexity index is 1160. The van der Waals surface area contributed by atoms with Gasteiger partial charge in [0.25, 0.3) is 0 Å². The molecule has 0 unspecified atom stereocenters. The Kier molecular flexibility index (Phi) is 7.27. The van der Waals surface area contributed by atoms with Gasteiger partial charge >= 0.3 is 0 Å². The lowest BCUT2D eigenvalue weighted by Gasteiger charge is -2.24. The second-order valence-corrected chi connectivity index (χ2v) is 8.81. The summed E-state index contributed by atoms with van der Waals surface area (Å²) in [7, 11) is 1.78. The van der Waals surface area contributed by atoms with Gasteiger partial charge in [0.2, 0.25) is 6.71 Å². The Morgan fingerprint density at radius 3 is 1.48 bits per heavy atom. The molecular weight excluding hydrogens is 399 g/mol. The Balaban J connectivity index is 2.05.